The highest BCUT2D eigenvalue weighted by Crippen LogP contribution is 2.32. The number of anilines is 3. The second kappa shape index (κ2) is 11.8. The van der Waals surface area contributed by atoms with Gasteiger partial charge >= 0.3 is 0 Å². The number of aryl methyl sites for hydroxylation is 1. The van der Waals surface area contributed by atoms with Gasteiger partial charge in [-0.2, -0.15) is 8.42 Å². The summed E-state index contributed by atoms with van der Waals surface area (Å²) in [5, 5.41) is 2.42. The van der Waals surface area contributed by atoms with E-state index in [0.29, 0.717) is 5.56 Å². The van der Waals surface area contributed by atoms with Crippen LogP contribution in [-0.2, 0) is 21.5 Å². The first-order chi connectivity index (χ1) is 17.8. The lowest BCUT2D eigenvalue weighted by molar-refractivity contribution is 0.000216. The van der Waals surface area contributed by atoms with E-state index in [2.05, 4.69) is 15.8 Å². The van der Waals surface area contributed by atoms with Gasteiger partial charge in [0.05, 0.1) is 23.0 Å². The average molecular weight is 556 g/mol. The van der Waals surface area contributed by atoms with Crippen molar-refractivity contribution in [3.63, 3.8) is 0 Å². The summed E-state index contributed by atoms with van der Waals surface area (Å²) in [5.74, 6) is -6.52. The van der Waals surface area contributed by atoms with E-state index < -0.39 is 74.5 Å². The molecule has 0 aliphatic heterocycles. The van der Waals surface area contributed by atoms with Gasteiger partial charge in [0.1, 0.15) is 5.82 Å². The van der Waals surface area contributed by atoms with E-state index in [4.69, 9.17) is 4.84 Å². The quantitative estimate of drug-likeness (QED) is 0.220. The summed E-state index contributed by atoms with van der Waals surface area (Å²) < 4.78 is 87.2. The van der Waals surface area contributed by atoms with Crippen molar-refractivity contribution in [3.8, 4) is 0 Å². The fourth-order valence-electron chi connectivity index (χ4n) is 3.27. The van der Waals surface area contributed by atoms with E-state index in [1.807, 2.05) is 9.44 Å². The van der Waals surface area contributed by atoms with Gasteiger partial charge in [-0.1, -0.05) is 6.07 Å². The average Bonchev–Trinajstić information content (AvgIpc) is 2.85. The van der Waals surface area contributed by atoms with E-state index in [0.717, 1.165) is 25.4 Å². The van der Waals surface area contributed by atoms with Crippen LogP contribution in [0.25, 0.3) is 0 Å². The first kappa shape index (κ1) is 28.8. The summed E-state index contributed by atoms with van der Waals surface area (Å²) in [7, 11) is -3.02. The first-order valence-electron chi connectivity index (χ1n) is 11.2. The van der Waals surface area contributed by atoms with E-state index in [1.54, 1.807) is 20.8 Å². The summed E-state index contributed by atoms with van der Waals surface area (Å²) in [6, 6.07) is 6.09. The van der Waals surface area contributed by atoms with Crippen LogP contribution >= 0.6 is 0 Å². The van der Waals surface area contributed by atoms with Gasteiger partial charge in [-0.25, -0.2) is 32.7 Å². The van der Waals surface area contributed by atoms with Crippen LogP contribution in [0.2, 0.25) is 0 Å². The monoisotopic (exact) mass is 555 g/mol. The Bertz CT molecular complexity index is 1470. The number of hydrogen-bond acceptors (Lipinski definition) is 6. The maximum Gasteiger partial charge on any atom is 0.300 e. The van der Waals surface area contributed by atoms with Crippen LogP contribution < -0.4 is 20.2 Å². The Kier molecular flexibility index (Phi) is 8.91. The molecule has 3 rings (SSSR count). The van der Waals surface area contributed by atoms with Crippen molar-refractivity contribution in [2.75, 3.05) is 17.1 Å². The zero-order valence-corrected chi connectivity index (χ0v) is 21.6. The van der Waals surface area contributed by atoms with E-state index >= 15 is 8.78 Å². The lowest BCUT2D eigenvalue weighted by Crippen LogP contribution is -2.28. The molecule has 1 aromatic heterocycles. The molecule has 0 aliphatic rings. The zero-order chi connectivity index (χ0) is 28.2. The third-order valence-corrected chi connectivity index (χ3v) is 6.15. The van der Waals surface area contributed by atoms with Crippen LogP contribution in [0, 0.1) is 30.2 Å². The minimum absolute atomic E-state index is 0.220. The van der Waals surface area contributed by atoms with Crippen LogP contribution in [0.15, 0.2) is 36.5 Å². The molecule has 0 bridgehead atoms. The second-order valence-electron chi connectivity index (χ2n) is 8.41. The molecule has 0 saturated carbocycles. The number of hydroxylamine groups is 1. The van der Waals surface area contributed by atoms with Crippen LogP contribution in [0.3, 0.4) is 0 Å². The van der Waals surface area contributed by atoms with Gasteiger partial charge < -0.3 is 5.32 Å². The normalized spacial score (nSPS) is 11.5. The summed E-state index contributed by atoms with van der Waals surface area (Å²) in [4.78, 5) is 21.5. The topological polar surface area (TPSA) is 121 Å². The number of rotatable bonds is 10. The van der Waals surface area contributed by atoms with Gasteiger partial charge in [0.15, 0.2) is 23.3 Å². The van der Waals surface area contributed by atoms with Crippen molar-refractivity contribution in [1.82, 2.24) is 15.2 Å². The summed E-state index contributed by atoms with van der Waals surface area (Å²) in [6.45, 7) is 4.87. The maximum atomic E-state index is 15.3. The van der Waals surface area contributed by atoms with Gasteiger partial charge in [-0.3, -0.25) is 14.4 Å². The molecule has 38 heavy (non-hydrogen) atoms. The van der Waals surface area contributed by atoms with E-state index in [1.165, 1.54) is 18.2 Å². The molecule has 0 unspecified atom stereocenters. The lowest BCUT2D eigenvalue weighted by atomic mass is 9.99. The van der Waals surface area contributed by atoms with Crippen molar-refractivity contribution >= 4 is 33.3 Å². The van der Waals surface area contributed by atoms with Gasteiger partial charge in [-0.15, -0.1) is 0 Å². The largest absolute Gasteiger partial charge is 0.350 e. The Balaban J connectivity index is 2.08. The number of nitrogens with zero attached hydrogens (tertiary/aromatic N) is 1. The molecule has 9 nitrogen and oxygen atoms in total. The lowest BCUT2D eigenvalue weighted by Gasteiger charge is -2.18. The predicted molar refractivity (Wildman–Crippen MR) is 133 cm³/mol. The summed E-state index contributed by atoms with van der Waals surface area (Å²) in [6.07, 6.45) is 0.0244. The van der Waals surface area contributed by atoms with Crippen molar-refractivity contribution < 1.29 is 35.6 Å². The first-order valence-corrected chi connectivity index (χ1v) is 12.7. The summed E-state index contributed by atoms with van der Waals surface area (Å²) in [5.41, 5.74) is 0.651. The molecule has 1 heterocycles. The van der Waals surface area contributed by atoms with Crippen molar-refractivity contribution in [2.24, 2.45) is 0 Å². The van der Waals surface area contributed by atoms with Crippen LogP contribution in [-0.4, -0.2) is 32.5 Å². The maximum absolute atomic E-state index is 15.3. The molecule has 0 radical (unpaired) electrons. The van der Waals surface area contributed by atoms with Gasteiger partial charge in [-0.05, 0) is 61.7 Å². The molecule has 0 atom stereocenters. The predicted octanol–water partition coefficient (Wildman–Crippen LogP) is 4.23. The van der Waals surface area contributed by atoms with E-state index in [-0.39, 0.29) is 11.3 Å². The number of amides is 1. The standard InChI is InChI=1S/C24H25F4N5O4S/c1-12(2)37-32-24(34)16-11-15(10-14-7-8-30-23(20(14)27)33-38(35,36)29-4)19(26)21(28)22(16)31-18-6-5-13(3)9-17(18)25/h5-9,11-12,29,31H,10H2,1-4H3,(H,30,33)(H,32,34). The molecule has 3 aromatic rings. The van der Waals surface area contributed by atoms with Gasteiger partial charge in [0.2, 0.25) is 0 Å². The molecule has 0 fully saturated rings. The molecular weight excluding hydrogens is 530 g/mol. The zero-order valence-electron chi connectivity index (χ0n) is 20.7. The molecule has 14 heteroatoms. The Morgan fingerprint density at radius 2 is 1.74 bits per heavy atom. The molecule has 0 aliphatic carbocycles. The number of aromatic nitrogens is 1. The van der Waals surface area contributed by atoms with Crippen LogP contribution in [0.5, 0.6) is 0 Å². The van der Waals surface area contributed by atoms with Crippen LogP contribution in [0.1, 0.15) is 40.9 Å². The minimum Gasteiger partial charge on any atom is -0.350 e. The SMILES string of the molecule is CNS(=O)(=O)Nc1nccc(Cc2cc(C(=O)NOC(C)C)c(Nc3ccc(C)cc3F)c(F)c2F)c1F. The Morgan fingerprint density at radius 1 is 1.03 bits per heavy atom. The van der Waals surface area contributed by atoms with E-state index in [9.17, 15) is 22.0 Å². The fourth-order valence-corrected chi connectivity index (χ4v) is 3.76. The molecule has 1 amide bonds. The van der Waals surface area contributed by atoms with Crippen molar-refractivity contribution in [3.05, 3.63) is 82.1 Å². The number of carbonyl (C=O) groups excluding carboxylic acids is 1. The number of pyridine rings is 1. The Labute approximate surface area is 216 Å². The Hall–Kier alpha value is -3.75. The fraction of sp³-hybridized carbons (Fsp3) is 0.250. The molecule has 2 aromatic carbocycles. The molecule has 0 spiro atoms. The smallest absolute Gasteiger partial charge is 0.300 e. The minimum atomic E-state index is -4.11. The Morgan fingerprint density at radius 3 is 2.37 bits per heavy atom. The number of nitrogens with one attached hydrogen (secondary N) is 4. The van der Waals surface area contributed by atoms with Gasteiger partial charge in [0.25, 0.3) is 16.1 Å². The number of hydrogen-bond donors (Lipinski definition) is 4. The highest BCUT2D eigenvalue weighted by Gasteiger charge is 2.25. The summed E-state index contributed by atoms with van der Waals surface area (Å²) >= 11 is 0. The van der Waals surface area contributed by atoms with Crippen LogP contribution in [0.4, 0.5) is 34.8 Å². The number of carbonyl (C=O) groups is 1. The molecule has 4 N–H and O–H groups in total. The molecular formula is C24H25F4N5O4S. The number of benzene rings is 2. The third-order valence-electron chi connectivity index (χ3n) is 5.15. The highest BCUT2D eigenvalue weighted by molar-refractivity contribution is 7.90. The number of halogens is 4. The molecule has 0 saturated heterocycles. The molecule has 204 valence electrons. The van der Waals surface area contributed by atoms with Gasteiger partial charge in [0, 0.05) is 19.7 Å². The third kappa shape index (κ3) is 6.76. The van der Waals surface area contributed by atoms with Crippen molar-refractivity contribution in [2.45, 2.75) is 33.3 Å². The van der Waals surface area contributed by atoms with Crippen molar-refractivity contribution in [1.29, 1.82) is 0 Å². The second-order valence-corrected chi connectivity index (χ2v) is 10.0. The highest BCUT2D eigenvalue weighted by atomic mass is 32.2.